The van der Waals surface area contributed by atoms with Crippen molar-refractivity contribution in [1.29, 1.82) is 0 Å². The topological polar surface area (TPSA) is 47.3 Å². The van der Waals surface area contributed by atoms with Crippen LogP contribution >= 0.6 is 0 Å². The zero-order chi connectivity index (χ0) is 13.0. The van der Waals surface area contributed by atoms with Crippen molar-refractivity contribution in [3.8, 4) is 5.75 Å². The van der Waals surface area contributed by atoms with Gasteiger partial charge in [0.1, 0.15) is 18.2 Å². The van der Waals surface area contributed by atoms with Gasteiger partial charge in [0.15, 0.2) is 0 Å². The Balaban J connectivity index is 1.92. The molecule has 0 aliphatic heterocycles. The molecule has 2 rings (SSSR count). The van der Waals surface area contributed by atoms with E-state index in [0.29, 0.717) is 18.9 Å². The molecule has 0 aliphatic rings. The summed E-state index contributed by atoms with van der Waals surface area (Å²) >= 11 is 0. The molecule has 2 aromatic rings. The van der Waals surface area contributed by atoms with Gasteiger partial charge in [0.2, 0.25) is 0 Å². The van der Waals surface area contributed by atoms with Gasteiger partial charge in [-0.3, -0.25) is 0 Å². The fraction of sp³-hybridized carbons (Fsp3) is 0.308. The number of rotatable bonds is 5. The fourth-order valence-electron chi connectivity index (χ4n) is 1.62. The molecule has 1 aromatic carbocycles. The molecule has 0 bridgehead atoms. The molecule has 0 aliphatic carbocycles. The molecule has 0 saturated heterocycles. The Morgan fingerprint density at radius 2 is 2.33 bits per heavy atom. The Morgan fingerprint density at radius 3 is 2.94 bits per heavy atom. The minimum absolute atomic E-state index is 0.275. The zero-order valence-corrected chi connectivity index (χ0v) is 10.1. The lowest BCUT2D eigenvalue weighted by molar-refractivity contribution is 0.194. The van der Waals surface area contributed by atoms with Gasteiger partial charge >= 0.3 is 0 Å². The molecular weight excluding hydrogens is 235 g/mol. The van der Waals surface area contributed by atoms with Gasteiger partial charge in [-0.05, 0) is 19.1 Å². The molecule has 1 atom stereocenters. The predicted octanol–water partition coefficient (Wildman–Crippen LogP) is 2.15. The number of imidazole rings is 1. The largest absolute Gasteiger partial charge is 0.492 e. The van der Waals surface area contributed by atoms with Crippen molar-refractivity contribution in [2.24, 2.45) is 0 Å². The molecule has 0 fully saturated rings. The second-order valence-corrected chi connectivity index (χ2v) is 4.01. The lowest BCUT2D eigenvalue weighted by atomic mass is 10.1. The Hall–Kier alpha value is -1.88. The molecule has 0 unspecified atom stereocenters. The molecule has 0 amide bonds. The quantitative estimate of drug-likeness (QED) is 0.884. The van der Waals surface area contributed by atoms with E-state index < -0.39 is 11.9 Å². The van der Waals surface area contributed by atoms with Crippen molar-refractivity contribution >= 4 is 0 Å². The lowest BCUT2D eigenvalue weighted by Crippen LogP contribution is -2.07. The fourth-order valence-corrected chi connectivity index (χ4v) is 1.62. The highest BCUT2D eigenvalue weighted by Gasteiger charge is 2.08. The second kappa shape index (κ2) is 5.64. The number of aliphatic hydroxyl groups excluding tert-OH is 1. The van der Waals surface area contributed by atoms with Gasteiger partial charge in [0.05, 0.1) is 19.0 Å². The minimum atomic E-state index is -0.815. The van der Waals surface area contributed by atoms with Crippen LogP contribution in [0, 0.1) is 5.82 Å². The van der Waals surface area contributed by atoms with Gasteiger partial charge < -0.3 is 14.4 Å². The van der Waals surface area contributed by atoms with Crippen LogP contribution in [0.1, 0.15) is 18.6 Å². The first-order valence-corrected chi connectivity index (χ1v) is 5.73. The third-order valence-electron chi connectivity index (χ3n) is 2.60. The minimum Gasteiger partial charge on any atom is -0.492 e. The zero-order valence-electron chi connectivity index (χ0n) is 10.1. The van der Waals surface area contributed by atoms with E-state index in [4.69, 9.17) is 4.74 Å². The van der Waals surface area contributed by atoms with E-state index in [-0.39, 0.29) is 5.56 Å². The Kier molecular flexibility index (Phi) is 3.94. The van der Waals surface area contributed by atoms with E-state index in [0.717, 1.165) is 0 Å². The van der Waals surface area contributed by atoms with E-state index in [1.54, 1.807) is 18.6 Å². The number of nitrogens with zero attached hydrogens (tertiary/aromatic N) is 2. The number of hydrogen-bond donors (Lipinski definition) is 1. The van der Waals surface area contributed by atoms with Crippen LogP contribution in [0.3, 0.4) is 0 Å². The van der Waals surface area contributed by atoms with E-state index in [1.165, 1.54) is 19.1 Å². The number of aromatic nitrogens is 2. The molecule has 5 heteroatoms. The standard InChI is InChI=1S/C13H15FN2O2/c1-10(17)12-3-2-11(8-13(12)14)18-7-6-16-5-4-15-9-16/h2-5,8-10,17H,6-7H2,1H3/t10-/m1/s1. The van der Waals surface area contributed by atoms with Crippen LogP contribution in [0.4, 0.5) is 4.39 Å². The first-order chi connectivity index (χ1) is 8.66. The molecule has 0 saturated carbocycles. The maximum Gasteiger partial charge on any atom is 0.132 e. The van der Waals surface area contributed by atoms with Crippen molar-refractivity contribution < 1.29 is 14.2 Å². The van der Waals surface area contributed by atoms with Crippen molar-refractivity contribution in [2.45, 2.75) is 19.6 Å². The van der Waals surface area contributed by atoms with Crippen LogP contribution in [-0.2, 0) is 6.54 Å². The summed E-state index contributed by atoms with van der Waals surface area (Å²) in [6.07, 6.45) is 4.41. The summed E-state index contributed by atoms with van der Waals surface area (Å²) in [6.45, 7) is 2.61. The number of ether oxygens (including phenoxy) is 1. The average Bonchev–Trinajstić information content (AvgIpc) is 2.81. The van der Waals surface area contributed by atoms with Crippen LogP contribution in [-0.4, -0.2) is 21.3 Å². The van der Waals surface area contributed by atoms with Gasteiger partial charge in [0.25, 0.3) is 0 Å². The number of benzene rings is 1. The van der Waals surface area contributed by atoms with Gasteiger partial charge in [0, 0.05) is 24.0 Å². The summed E-state index contributed by atoms with van der Waals surface area (Å²) in [4.78, 5) is 3.91. The highest BCUT2D eigenvalue weighted by atomic mass is 19.1. The van der Waals surface area contributed by atoms with E-state index >= 15 is 0 Å². The third-order valence-corrected chi connectivity index (χ3v) is 2.60. The van der Waals surface area contributed by atoms with Gasteiger partial charge in [-0.2, -0.15) is 0 Å². The Bertz CT molecular complexity index is 498. The summed E-state index contributed by atoms with van der Waals surface area (Å²) in [6, 6.07) is 4.47. The normalized spacial score (nSPS) is 12.4. The second-order valence-electron chi connectivity index (χ2n) is 4.01. The predicted molar refractivity (Wildman–Crippen MR) is 64.8 cm³/mol. The van der Waals surface area contributed by atoms with Crippen molar-refractivity contribution in [2.75, 3.05) is 6.61 Å². The Morgan fingerprint density at radius 1 is 1.50 bits per heavy atom. The summed E-state index contributed by atoms with van der Waals surface area (Å²) in [5, 5.41) is 9.31. The first-order valence-electron chi connectivity index (χ1n) is 5.73. The number of halogens is 1. The first kappa shape index (κ1) is 12.6. The molecule has 0 spiro atoms. The summed E-state index contributed by atoms with van der Waals surface area (Å²) in [5.41, 5.74) is 0.275. The Labute approximate surface area is 105 Å². The molecule has 18 heavy (non-hydrogen) atoms. The highest BCUT2D eigenvalue weighted by molar-refractivity contribution is 5.29. The molecule has 4 nitrogen and oxygen atoms in total. The van der Waals surface area contributed by atoms with Crippen molar-refractivity contribution in [3.05, 3.63) is 48.3 Å². The lowest BCUT2D eigenvalue weighted by Gasteiger charge is -2.10. The summed E-state index contributed by atoms with van der Waals surface area (Å²) in [5.74, 6) is 0.00199. The van der Waals surface area contributed by atoms with Crippen LogP contribution in [0.25, 0.3) is 0 Å². The molecule has 1 aromatic heterocycles. The maximum absolute atomic E-state index is 13.5. The molecule has 0 radical (unpaired) electrons. The number of hydrogen-bond acceptors (Lipinski definition) is 3. The van der Waals surface area contributed by atoms with E-state index in [9.17, 15) is 9.50 Å². The summed E-state index contributed by atoms with van der Waals surface area (Å²) in [7, 11) is 0. The molecular formula is C13H15FN2O2. The third kappa shape index (κ3) is 3.07. The van der Waals surface area contributed by atoms with Crippen molar-refractivity contribution in [3.63, 3.8) is 0 Å². The highest BCUT2D eigenvalue weighted by Crippen LogP contribution is 2.21. The van der Waals surface area contributed by atoms with Crippen LogP contribution in [0.2, 0.25) is 0 Å². The smallest absolute Gasteiger partial charge is 0.132 e. The number of aliphatic hydroxyl groups is 1. The monoisotopic (exact) mass is 250 g/mol. The van der Waals surface area contributed by atoms with Crippen LogP contribution in [0.15, 0.2) is 36.9 Å². The molecule has 1 heterocycles. The maximum atomic E-state index is 13.5. The van der Waals surface area contributed by atoms with E-state index in [2.05, 4.69) is 4.98 Å². The average molecular weight is 250 g/mol. The van der Waals surface area contributed by atoms with Gasteiger partial charge in [-0.1, -0.05) is 0 Å². The SMILES string of the molecule is C[C@@H](O)c1ccc(OCCn2ccnc2)cc1F. The molecule has 96 valence electrons. The van der Waals surface area contributed by atoms with Crippen LogP contribution in [0.5, 0.6) is 5.75 Å². The van der Waals surface area contributed by atoms with Crippen molar-refractivity contribution in [1.82, 2.24) is 9.55 Å². The molecule has 1 N–H and O–H groups in total. The van der Waals surface area contributed by atoms with E-state index in [1.807, 2.05) is 10.8 Å². The summed E-state index contributed by atoms with van der Waals surface area (Å²) < 4.78 is 20.8. The van der Waals surface area contributed by atoms with Gasteiger partial charge in [-0.25, -0.2) is 9.37 Å². The van der Waals surface area contributed by atoms with Crippen LogP contribution < -0.4 is 4.74 Å². The van der Waals surface area contributed by atoms with Gasteiger partial charge in [-0.15, -0.1) is 0 Å².